The molecule has 0 fully saturated rings. The molecule has 0 bridgehead atoms. The van der Waals surface area contributed by atoms with E-state index in [9.17, 15) is 13.2 Å². The average Bonchev–Trinajstić information content (AvgIpc) is 2.46. The van der Waals surface area contributed by atoms with Crippen molar-refractivity contribution in [1.29, 1.82) is 0 Å². The Morgan fingerprint density at radius 3 is 2.45 bits per heavy atom. The van der Waals surface area contributed by atoms with Gasteiger partial charge in [-0.05, 0) is 24.3 Å². The first kappa shape index (κ1) is 12.6. The minimum Gasteiger partial charge on any atom is -0.251 e. The summed E-state index contributed by atoms with van der Waals surface area (Å²) in [5.74, 6) is 0. The first-order valence-electron chi connectivity index (χ1n) is 5.94. The fourth-order valence-electron chi connectivity index (χ4n) is 2.05. The standard InChI is InChI=1S/C15H9F3N2/c16-15(17,18)14-11(5-3-9-19-14)13-8-7-10-4-1-2-6-12(10)20-13/h1-9H. The van der Waals surface area contributed by atoms with E-state index in [4.69, 9.17) is 0 Å². The average molecular weight is 274 g/mol. The molecule has 0 amide bonds. The maximum Gasteiger partial charge on any atom is 0.434 e. The van der Waals surface area contributed by atoms with Crippen molar-refractivity contribution in [2.45, 2.75) is 6.18 Å². The van der Waals surface area contributed by atoms with Crippen LogP contribution in [0.15, 0.2) is 54.7 Å². The van der Waals surface area contributed by atoms with Crippen LogP contribution in [0.2, 0.25) is 0 Å². The Kier molecular flexibility index (Phi) is 2.89. The van der Waals surface area contributed by atoms with Gasteiger partial charge in [0.1, 0.15) is 0 Å². The first-order valence-corrected chi connectivity index (χ1v) is 5.94. The summed E-state index contributed by atoms with van der Waals surface area (Å²) < 4.78 is 38.9. The van der Waals surface area contributed by atoms with Gasteiger partial charge in [0.15, 0.2) is 5.69 Å². The first-order chi connectivity index (χ1) is 9.55. The smallest absolute Gasteiger partial charge is 0.251 e. The Bertz CT molecular complexity index is 766. The van der Waals surface area contributed by atoms with Crippen LogP contribution in [-0.4, -0.2) is 9.97 Å². The fraction of sp³-hybridized carbons (Fsp3) is 0.0667. The zero-order valence-electron chi connectivity index (χ0n) is 10.2. The zero-order valence-corrected chi connectivity index (χ0v) is 10.2. The van der Waals surface area contributed by atoms with Gasteiger partial charge >= 0.3 is 6.18 Å². The Balaban J connectivity index is 2.21. The van der Waals surface area contributed by atoms with E-state index in [1.807, 2.05) is 12.1 Å². The van der Waals surface area contributed by atoms with E-state index in [0.29, 0.717) is 5.52 Å². The monoisotopic (exact) mass is 274 g/mol. The molecule has 0 atom stereocenters. The summed E-state index contributed by atoms with van der Waals surface area (Å²) in [7, 11) is 0. The third-order valence-corrected chi connectivity index (χ3v) is 2.95. The van der Waals surface area contributed by atoms with Gasteiger partial charge in [-0.25, -0.2) is 4.98 Å². The molecule has 3 aromatic rings. The van der Waals surface area contributed by atoms with Crippen LogP contribution in [-0.2, 0) is 6.18 Å². The van der Waals surface area contributed by atoms with E-state index < -0.39 is 11.9 Å². The van der Waals surface area contributed by atoms with Crippen molar-refractivity contribution in [2.24, 2.45) is 0 Å². The van der Waals surface area contributed by atoms with Gasteiger partial charge in [-0.2, -0.15) is 13.2 Å². The molecule has 3 rings (SSSR count). The normalized spacial score (nSPS) is 11.8. The van der Waals surface area contributed by atoms with Crippen LogP contribution in [0.4, 0.5) is 13.2 Å². The highest BCUT2D eigenvalue weighted by Crippen LogP contribution is 2.34. The Hall–Kier alpha value is -2.43. The molecule has 0 N–H and O–H groups in total. The summed E-state index contributed by atoms with van der Waals surface area (Å²) >= 11 is 0. The number of halogens is 3. The lowest BCUT2D eigenvalue weighted by molar-refractivity contribution is -0.140. The highest BCUT2D eigenvalue weighted by Gasteiger charge is 2.35. The Morgan fingerprint density at radius 2 is 1.65 bits per heavy atom. The number of fused-ring (bicyclic) bond motifs is 1. The second-order valence-electron chi connectivity index (χ2n) is 4.29. The summed E-state index contributed by atoms with van der Waals surface area (Å²) in [6.07, 6.45) is -3.36. The van der Waals surface area contributed by atoms with Gasteiger partial charge < -0.3 is 0 Å². The summed E-state index contributed by atoms with van der Waals surface area (Å²) in [5.41, 5.74) is -0.000336. The molecule has 100 valence electrons. The van der Waals surface area contributed by atoms with Crippen molar-refractivity contribution >= 4 is 10.9 Å². The minimum absolute atomic E-state index is 0.00856. The van der Waals surface area contributed by atoms with Crippen LogP contribution in [0.25, 0.3) is 22.2 Å². The molecule has 2 aromatic heterocycles. The molecule has 0 saturated heterocycles. The Morgan fingerprint density at radius 1 is 0.850 bits per heavy atom. The predicted molar refractivity (Wildman–Crippen MR) is 70.0 cm³/mol. The van der Waals surface area contributed by atoms with E-state index in [-0.39, 0.29) is 11.3 Å². The summed E-state index contributed by atoms with van der Waals surface area (Å²) in [5, 5.41) is 0.883. The van der Waals surface area contributed by atoms with Gasteiger partial charge in [-0.15, -0.1) is 0 Å². The van der Waals surface area contributed by atoms with Crippen molar-refractivity contribution in [3.63, 3.8) is 0 Å². The number of aromatic nitrogens is 2. The van der Waals surface area contributed by atoms with Crippen molar-refractivity contribution < 1.29 is 13.2 Å². The molecule has 1 aromatic carbocycles. The molecule has 0 radical (unpaired) electrons. The van der Waals surface area contributed by atoms with E-state index >= 15 is 0 Å². The third kappa shape index (κ3) is 2.22. The van der Waals surface area contributed by atoms with Gasteiger partial charge in [0.25, 0.3) is 0 Å². The number of nitrogens with zero attached hydrogens (tertiary/aromatic N) is 2. The number of alkyl halides is 3. The van der Waals surface area contributed by atoms with Crippen molar-refractivity contribution in [2.75, 3.05) is 0 Å². The molecule has 2 nitrogen and oxygen atoms in total. The van der Waals surface area contributed by atoms with Crippen molar-refractivity contribution in [3.8, 4) is 11.3 Å². The highest BCUT2D eigenvalue weighted by atomic mass is 19.4. The molecule has 5 heteroatoms. The molecular formula is C15H9F3N2. The second kappa shape index (κ2) is 4.59. The SMILES string of the molecule is FC(F)(F)c1ncccc1-c1ccc2ccccc2n1. The lowest BCUT2D eigenvalue weighted by Crippen LogP contribution is -2.10. The number of pyridine rings is 2. The Labute approximate surface area is 112 Å². The molecule has 2 heterocycles. The van der Waals surface area contributed by atoms with Crippen LogP contribution < -0.4 is 0 Å². The van der Waals surface area contributed by atoms with E-state index in [1.54, 1.807) is 24.3 Å². The highest BCUT2D eigenvalue weighted by molar-refractivity contribution is 5.81. The van der Waals surface area contributed by atoms with Gasteiger partial charge in [0.05, 0.1) is 11.2 Å². The van der Waals surface area contributed by atoms with Gasteiger partial charge in [0.2, 0.25) is 0 Å². The number of rotatable bonds is 1. The fourth-order valence-corrected chi connectivity index (χ4v) is 2.05. The van der Waals surface area contributed by atoms with Gasteiger partial charge in [-0.1, -0.05) is 24.3 Å². The molecule has 0 aliphatic carbocycles. The van der Waals surface area contributed by atoms with Crippen molar-refractivity contribution in [3.05, 3.63) is 60.4 Å². The number of hydrogen-bond donors (Lipinski definition) is 0. The maximum absolute atomic E-state index is 13.0. The van der Waals surface area contributed by atoms with Gasteiger partial charge in [0, 0.05) is 17.1 Å². The van der Waals surface area contributed by atoms with Crippen LogP contribution >= 0.6 is 0 Å². The number of para-hydroxylation sites is 1. The minimum atomic E-state index is -4.50. The molecule has 0 aliphatic heterocycles. The molecule has 0 spiro atoms. The van der Waals surface area contributed by atoms with E-state index in [2.05, 4.69) is 9.97 Å². The molecular weight excluding hydrogens is 265 g/mol. The third-order valence-electron chi connectivity index (χ3n) is 2.95. The van der Waals surface area contributed by atoms with Gasteiger partial charge in [-0.3, -0.25) is 4.98 Å². The van der Waals surface area contributed by atoms with Crippen LogP contribution in [0.3, 0.4) is 0 Å². The lowest BCUT2D eigenvalue weighted by atomic mass is 10.1. The number of hydrogen-bond acceptors (Lipinski definition) is 2. The van der Waals surface area contributed by atoms with Crippen LogP contribution in [0.5, 0.6) is 0 Å². The summed E-state index contributed by atoms with van der Waals surface area (Å²) in [4.78, 5) is 7.72. The predicted octanol–water partition coefficient (Wildman–Crippen LogP) is 4.32. The zero-order chi connectivity index (χ0) is 14.2. The van der Waals surface area contributed by atoms with Crippen LogP contribution in [0.1, 0.15) is 5.69 Å². The van der Waals surface area contributed by atoms with E-state index in [1.165, 1.54) is 12.1 Å². The largest absolute Gasteiger partial charge is 0.434 e. The topological polar surface area (TPSA) is 25.8 Å². The molecule has 20 heavy (non-hydrogen) atoms. The van der Waals surface area contributed by atoms with Crippen LogP contribution in [0, 0.1) is 0 Å². The quantitative estimate of drug-likeness (QED) is 0.660. The van der Waals surface area contributed by atoms with Crippen molar-refractivity contribution in [1.82, 2.24) is 9.97 Å². The molecule has 0 saturated carbocycles. The maximum atomic E-state index is 13.0. The molecule has 0 aliphatic rings. The molecule has 0 unspecified atom stereocenters. The summed E-state index contributed by atoms with van der Waals surface area (Å²) in [6, 6.07) is 13.5. The van der Waals surface area contributed by atoms with E-state index in [0.717, 1.165) is 11.6 Å². The summed E-state index contributed by atoms with van der Waals surface area (Å²) in [6.45, 7) is 0. The second-order valence-corrected chi connectivity index (χ2v) is 4.29. The lowest BCUT2D eigenvalue weighted by Gasteiger charge is -2.11. The number of benzene rings is 1.